The number of carbonyl (C=O) groups excluding carboxylic acids is 3. The summed E-state index contributed by atoms with van der Waals surface area (Å²) in [5.74, 6) is -1.43. The smallest absolute Gasteiger partial charge is 0.337 e. The maximum atomic E-state index is 12.7. The number of aromatic amines is 1. The fourth-order valence-electron chi connectivity index (χ4n) is 3.22. The molecule has 9 heteroatoms. The Morgan fingerprint density at radius 1 is 1.18 bits per heavy atom. The number of alkyl halides is 3. The highest BCUT2D eigenvalue weighted by Crippen LogP contribution is 2.30. The van der Waals surface area contributed by atoms with E-state index in [-0.39, 0.29) is 41.0 Å². The molecule has 0 saturated carbocycles. The van der Waals surface area contributed by atoms with Gasteiger partial charge in [0.25, 0.3) is 5.91 Å². The van der Waals surface area contributed by atoms with Gasteiger partial charge < -0.3 is 4.90 Å². The minimum atomic E-state index is -4.46. The standard InChI is InChI=1S/C19H18F3N3O3/c1-11(26)15-9-16(24-23-15)18(28)25-8-2-3-13(10-25)17(27)12-4-6-14(7-5-12)19(20,21)22/h4-7,9,13H,2-3,8,10H2,1H3,(H,23,24). The molecule has 28 heavy (non-hydrogen) atoms. The summed E-state index contributed by atoms with van der Waals surface area (Å²) in [5.41, 5.74) is -0.316. The number of carbonyl (C=O) groups is 3. The molecule has 1 amide bonds. The third-order valence-corrected chi connectivity index (χ3v) is 4.75. The lowest BCUT2D eigenvalue weighted by atomic mass is 9.89. The summed E-state index contributed by atoms with van der Waals surface area (Å²) in [5, 5.41) is 6.31. The number of piperidine rings is 1. The summed E-state index contributed by atoms with van der Waals surface area (Å²) in [6.45, 7) is 1.95. The molecule has 6 nitrogen and oxygen atoms in total. The average molecular weight is 393 g/mol. The van der Waals surface area contributed by atoms with E-state index in [1.165, 1.54) is 30.0 Å². The Labute approximate surface area is 158 Å². The van der Waals surface area contributed by atoms with E-state index < -0.39 is 17.7 Å². The van der Waals surface area contributed by atoms with Crippen molar-refractivity contribution in [1.82, 2.24) is 15.1 Å². The molecule has 3 rings (SSSR count). The van der Waals surface area contributed by atoms with Gasteiger partial charge in [-0.15, -0.1) is 0 Å². The summed E-state index contributed by atoms with van der Waals surface area (Å²) in [6, 6.07) is 5.46. The van der Waals surface area contributed by atoms with Crippen LogP contribution in [-0.2, 0) is 6.18 Å². The first kappa shape index (κ1) is 19.8. The second kappa shape index (κ2) is 7.57. The number of H-pyrrole nitrogens is 1. The molecule has 0 bridgehead atoms. The summed E-state index contributed by atoms with van der Waals surface area (Å²) in [7, 11) is 0. The number of hydrogen-bond acceptors (Lipinski definition) is 4. The van der Waals surface area contributed by atoms with Gasteiger partial charge in [0.1, 0.15) is 11.4 Å². The quantitative estimate of drug-likeness (QED) is 0.808. The van der Waals surface area contributed by atoms with Gasteiger partial charge in [-0.05, 0) is 31.0 Å². The normalized spacial score (nSPS) is 17.4. The van der Waals surface area contributed by atoms with Crippen molar-refractivity contribution in [2.24, 2.45) is 5.92 Å². The van der Waals surface area contributed by atoms with E-state index in [0.717, 1.165) is 12.1 Å². The second-order valence-corrected chi connectivity index (χ2v) is 6.75. The lowest BCUT2D eigenvalue weighted by molar-refractivity contribution is -0.137. The van der Waals surface area contributed by atoms with Crippen LogP contribution in [0.2, 0.25) is 0 Å². The maximum Gasteiger partial charge on any atom is 0.416 e. The molecule has 1 aromatic carbocycles. The van der Waals surface area contributed by atoms with E-state index >= 15 is 0 Å². The van der Waals surface area contributed by atoms with Gasteiger partial charge in [0.15, 0.2) is 11.6 Å². The van der Waals surface area contributed by atoms with Crippen LogP contribution in [0.4, 0.5) is 13.2 Å². The van der Waals surface area contributed by atoms with Gasteiger partial charge in [0.2, 0.25) is 0 Å². The number of nitrogens with one attached hydrogen (secondary N) is 1. The third-order valence-electron chi connectivity index (χ3n) is 4.75. The van der Waals surface area contributed by atoms with E-state index in [2.05, 4.69) is 10.2 Å². The van der Waals surface area contributed by atoms with Crippen molar-refractivity contribution in [2.75, 3.05) is 13.1 Å². The zero-order chi connectivity index (χ0) is 20.5. The first-order chi connectivity index (χ1) is 13.2. The van der Waals surface area contributed by atoms with E-state index in [4.69, 9.17) is 0 Å². The summed E-state index contributed by atoms with van der Waals surface area (Å²) >= 11 is 0. The zero-order valence-corrected chi connectivity index (χ0v) is 15.0. The van der Waals surface area contributed by atoms with Crippen molar-refractivity contribution in [3.05, 3.63) is 52.8 Å². The molecule has 1 saturated heterocycles. The highest BCUT2D eigenvalue weighted by Gasteiger charge is 2.32. The van der Waals surface area contributed by atoms with E-state index in [9.17, 15) is 27.6 Å². The van der Waals surface area contributed by atoms with Gasteiger partial charge in [0.05, 0.1) is 5.56 Å². The number of aromatic nitrogens is 2. The van der Waals surface area contributed by atoms with Crippen molar-refractivity contribution in [1.29, 1.82) is 0 Å². The van der Waals surface area contributed by atoms with Gasteiger partial charge in [-0.3, -0.25) is 19.5 Å². The number of halogens is 3. The van der Waals surface area contributed by atoms with Crippen LogP contribution < -0.4 is 0 Å². The van der Waals surface area contributed by atoms with Gasteiger partial charge in [0, 0.05) is 31.5 Å². The highest BCUT2D eigenvalue weighted by molar-refractivity contribution is 6.00. The molecule has 1 aromatic heterocycles. The molecule has 0 radical (unpaired) electrons. The highest BCUT2D eigenvalue weighted by atomic mass is 19.4. The van der Waals surface area contributed by atoms with Crippen LogP contribution in [0.25, 0.3) is 0 Å². The maximum absolute atomic E-state index is 12.7. The Morgan fingerprint density at radius 3 is 2.43 bits per heavy atom. The van der Waals surface area contributed by atoms with E-state index in [1.807, 2.05) is 0 Å². The molecule has 0 aliphatic carbocycles. The Hall–Kier alpha value is -2.97. The number of hydrogen-bond donors (Lipinski definition) is 1. The SMILES string of the molecule is CC(=O)c1cc(C(=O)N2CCCC(C(=O)c3ccc(C(F)(F)F)cc3)C2)[nH]n1. The van der Waals surface area contributed by atoms with Crippen LogP contribution in [0.5, 0.6) is 0 Å². The Kier molecular flexibility index (Phi) is 5.35. The molecule has 1 atom stereocenters. The lowest BCUT2D eigenvalue weighted by Gasteiger charge is -2.31. The Bertz CT molecular complexity index is 903. The first-order valence-corrected chi connectivity index (χ1v) is 8.74. The van der Waals surface area contributed by atoms with Crippen LogP contribution in [0, 0.1) is 5.92 Å². The monoisotopic (exact) mass is 393 g/mol. The van der Waals surface area contributed by atoms with Gasteiger partial charge in [-0.2, -0.15) is 18.3 Å². The molecule has 1 N–H and O–H groups in total. The molecule has 1 aliphatic heterocycles. The number of benzene rings is 1. The van der Waals surface area contributed by atoms with Crippen LogP contribution in [0.1, 0.15) is 56.7 Å². The van der Waals surface area contributed by atoms with Gasteiger partial charge >= 0.3 is 6.18 Å². The van der Waals surface area contributed by atoms with E-state index in [0.29, 0.717) is 19.4 Å². The fraction of sp³-hybridized carbons (Fsp3) is 0.368. The van der Waals surface area contributed by atoms with Crippen molar-refractivity contribution in [3.63, 3.8) is 0 Å². The lowest BCUT2D eigenvalue weighted by Crippen LogP contribution is -2.42. The number of ketones is 2. The van der Waals surface area contributed by atoms with Crippen LogP contribution >= 0.6 is 0 Å². The third kappa shape index (κ3) is 4.13. The van der Waals surface area contributed by atoms with Crippen LogP contribution in [0.15, 0.2) is 30.3 Å². The zero-order valence-electron chi connectivity index (χ0n) is 15.0. The molecule has 1 unspecified atom stereocenters. The van der Waals surface area contributed by atoms with Crippen molar-refractivity contribution in [2.45, 2.75) is 25.9 Å². The summed E-state index contributed by atoms with van der Waals surface area (Å²) in [6.07, 6.45) is -3.32. The minimum absolute atomic E-state index is 0.151. The number of rotatable bonds is 4. The van der Waals surface area contributed by atoms with Crippen LogP contribution in [0.3, 0.4) is 0 Å². The van der Waals surface area contributed by atoms with Gasteiger partial charge in [-0.25, -0.2) is 0 Å². The fourth-order valence-corrected chi connectivity index (χ4v) is 3.22. The number of Topliss-reactive ketones (excluding diaryl/α,β-unsaturated/α-hetero) is 2. The molecule has 2 heterocycles. The summed E-state index contributed by atoms with van der Waals surface area (Å²) < 4.78 is 38.0. The molecule has 2 aromatic rings. The second-order valence-electron chi connectivity index (χ2n) is 6.75. The predicted molar refractivity (Wildman–Crippen MR) is 93.0 cm³/mol. The molecule has 0 spiro atoms. The van der Waals surface area contributed by atoms with Crippen molar-refractivity contribution >= 4 is 17.5 Å². The van der Waals surface area contributed by atoms with E-state index in [1.54, 1.807) is 0 Å². The molecular weight excluding hydrogens is 375 g/mol. The Morgan fingerprint density at radius 2 is 1.86 bits per heavy atom. The minimum Gasteiger partial charge on any atom is -0.337 e. The molecule has 148 valence electrons. The van der Waals surface area contributed by atoms with Gasteiger partial charge in [-0.1, -0.05) is 12.1 Å². The predicted octanol–water partition coefficient (Wildman–Crippen LogP) is 3.37. The van der Waals surface area contributed by atoms with Crippen LogP contribution in [-0.4, -0.2) is 45.7 Å². The average Bonchev–Trinajstić information content (AvgIpc) is 3.17. The summed E-state index contributed by atoms with van der Waals surface area (Å²) in [4.78, 5) is 38.1. The molecular formula is C19H18F3N3O3. The topological polar surface area (TPSA) is 83.1 Å². The van der Waals surface area contributed by atoms with Crippen molar-refractivity contribution in [3.8, 4) is 0 Å². The largest absolute Gasteiger partial charge is 0.416 e. The number of likely N-dealkylation sites (tertiary alicyclic amines) is 1. The first-order valence-electron chi connectivity index (χ1n) is 8.74. The number of nitrogens with zero attached hydrogens (tertiary/aromatic N) is 2. The van der Waals surface area contributed by atoms with Crippen molar-refractivity contribution < 1.29 is 27.6 Å². The molecule has 1 fully saturated rings. The number of amides is 1. The molecule has 1 aliphatic rings. The Balaban J connectivity index is 1.70.